The third-order valence-electron chi connectivity index (χ3n) is 1.30. The molecule has 1 aromatic heterocycles. The van der Waals surface area contributed by atoms with Crippen molar-refractivity contribution < 1.29 is 9.90 Å². The summed E-state index contributed by atoms with van der Waals surface area (Å²) in [5.74, 6) is -1.07. The van der Waals surface area contributed by atoms with Crippen molar-refractivity contribution in [2.45, 2.75) is 6.42 Å². The Hall–Kier alpha value is -1.56. The zero-order chi connectivity index (χ0) is 10.0. The first kappa shape index (κ1) is 9.53. The Labute approximate surface area is 78.5 Å². The number of rotatable bonds is 2. The maximum atomic E-state index is 10.3. The van der Waals surface area contributed by atoms with Crippen LogP contribution < -0.4 is 11.5 Å². The summed E-state index contributed by atoms with van der Waals surface area (Å²) in [6.45, 7) is 0. The molecule has 70 valence electrons. The highest BCUT2D eigenvalue weighted by atomic mass is 35.5. The van der Waals surface area contributed by atoms with Crippen LogP contribution in [0.3, 0.4) is 0 Å². The van der Waals surface area contributed by atoms with Crippen molar-refractivity contribution in [3.8, 4) is 0 Å². The Morgan fingerprint density at radius 2 is 2.00 bits per heavy atom. The highest BCUT2D eigenvalue weighted by Gasteiger charge is 2.10. The molecule has 0 saturated carbocycles. The van der Waals surface area contributed by atoms with Crippen LogP contribution in [0.4, 0.5) is 11.6 Å². The first-order valence-electron chi connectivity index (χ1n) is 3.30. The molecule has 0 aliphatic rings. The summed E-state index contributed by atoms with van der Waals surface area (Å²) in [5, 5.41) is 8.42. The minimum Gasteiger partial charge on any atom is -0.481 e. The van der Waals surface area contributed by atoms with Crippen molar-refractivity contribution >= 4 is 29.2 Å². The highest BCUT2D eigenvalue weighted by Crippen LogP contribution is 2.17. The minimum atomic E-state index is -1.05. The molecule has 0 unspecified atom stereocenters. The summed E-state index contributed by atoms with van der Waals surface area (Å²) in [6, 6.07) is 0. The van der Waals surface area contributed by atoms with E-state index in [9.17, 15) is 4.79 Å². The van der Waals surface area contributed by atoms with Crippen LogP contribution in [0.5, 0.6) is 0 Å². The standard InChI is InChI=1S/C6H7ClN4O2/c7-4-6(9)11-5(8)2(10-4)1-3(12)13/h1H2,(H,12,13)(H4,8,9,11). The fourth-order valence-electron chi connectivity index (χ4n) is 0.747. The molecule has 0 amide bonds. The number of anilines is 2. The molecular weight excluding hydrogens is 196 g/mol. The molecule has 0 saturated heterocycles. The number of carboxylic acids is 1. The number of nitrogens with two attached hydrogens (primary N) is 2. The largest absolute Gasteiger partial charge is 0.481 e. The first-order chi connectivity index (χ1) is 6.00. The number of hydrogen-bond acceptors (Lipinski definition) is 5. The number of carboxylic acid groups (broad SMARTS) is 1. The maximum Gasteiger partial charge on any atom is 0.309 e. The molecule has 0 spiro atoms. The lowest BCUT2D eigenvalue weighted by molar-refractivity contribution is -0.136. The van der Waals surface area contributed by atoms with Gasteiger partial charge in [0.05, 0.1) is 12.1 Å². The number of nitrogens with zero attached hydrogens (tertiary/aromatic N) is 2. The van der Waals surface area contributed by atoms with Crippen LogP contribution in [0.25, 0.3) is 0 Å². The second-order valence-electron chi connectivity index (χ2n) is 2.30. The highest BCUT2D eigenvalue weighted by molar-refractivity contribution is 6.31. The predicted octanol–water partition coefficient (Wildman–Crippen LogP) is -0.0785. The number of carbonyl (C=O) groups is 1. The molecule has 0 fully saturated rings. The number of halogens is 1. The SMILES string of the molecule is Nc1nc(N)c(CC(=O)O)nc1Cl. The molecule has 1 aromatic rings. The zero-order valence-corrected chi connectivity index (χ0v) is 7.25. The van der Waals surface area contributed by atoms with Gasteiger partial charge >= 0.3 is 5.97 Å². The Morgan fingerprint density at radius 1 is 1.38 bits per heavy atom. The summed E-state index contributed by atoms with van der Waals surface area (Å²) in [4.78, 5) is 17.6. The van der Waals surface area contributed by atoms with E-state index < -0.39 is 5.97 Å². The summed E-state index contributed by atoms with van der Waals surface area (Å²) >= 11 is 5.52. The molecular formula is C6H7ClN4O2. The van der Waals surface area contributed by atoms with E-state index in [4.69, 9.17) is 28.2 Å². The van der Waals surface area contributed by atoms with E-state index >= 15 is 0 Å². The number of nitrogen functional groups attached to an aromatic ring is 2. The lowest BCUT2D eigenvalue weighted by atomic mass is 10.3. The molecule has 5 N–H and O–H groups in total. The Kier molecular flexibility index (Phi) is 2.52. The van der Waals surface area contributed by atoms with Crippen molar-refractivity contribution in [3.63, 3.8) is 0 Å². The summed E-state index contributed by atoms with van der Waals surface area (Å²) < 4.78 is 0. The van der Waals surface area contributed by atoms with Gasteiger partial charge in [-0.1, -0.05) is 11.6 Å². The van der Waals surface area contributed by atoms with Crippen LogP contribution in [0.2, 0.25) is 5.15 Å². The van der Waals surface area contributed by atoms with Crippen LogP contribution in [0, 0.1) is 0 Å². The predicted molar refractivity (Wildman–Crippen MR) is 47.2 cm³/mol. The van der Waals surface area contributed by atoms with Crippen molar-refractivity contribution in [1.82, 2.24) is 9.97 Å². The molecule has 0 aromatic carbocycles. The lowest BCUT2D eigenvalue weighted by Gasteiger charge is -2.03. The fourth-order valence-corrected chi connectivity index (χ4v) is 0.891. The van der Waals surface area contributed by atoms with E-state index in [2.05, 4.69) is 9.97 Å². The molecule has 6 nitrogen and oxygen atoms in total. The summed E-state index contributed by atoms with van der Waals surface area (Å²) in [6.07, 6.45) is -0.321. The molecule has 0 aliphatic heterocycles. The van der Waals surface area contributed by atoms with Gasteiger partial charge in [-0.25, -0.2) is 9.97 Å². The van der Waals surface area contributed by atoms with Gasteiger partial charge in [-0.05, 0) is 0 Å². The second-order valence-corrected chi connectivity index (χ2v) is 2.66. The third kappa shape index (κ3) is 2.19. The van der Waals surface area contributed by atoms with Gasteiger partial charge in [0.2, 0.25) is 0 Å². The van der Waals surface area contributed by atoms with E-state index in [1.54, 1.807) is 0 Å². The van der Waals surface area contributed by atoms with Crippen molar-refractivity contribution in [1.29, 1.82) is 0 Å². The van der Waals surface area contributed by atoms with E-state index in [1.807, 2.05) is 0 Å². The number of aromatic nitrogens is 2. The minimum absolute atomic E-state index is 0.00620. The van der Waals surface area contributed by atoms with Gasteiger partial charge in [0.15, 0.2) is 11.0 Å². The van der Waals surface area contributed by atoms with Crippen molar-refractivity contribution in [2.24, 2.45) is 0 Å². The molecule has 0 aliphatic carbocycles. The quantitative estimate of drug-likeness (QED) is 0.618. The molecule has 0 atom stereocenters. The summed E-state index contributed by atoms with van der Waals surface area (Å²) in [5.41, 5.74) is 10.8. The van der Waals surface area contributed by atoms with E-state index in [0.29, 0.717) is 0 Å². The van der Waals surface area contributed by atoms with Crippen LogP contribution >= 0.6 is 11.6 Å². The Bertz CT molecular complexity index is 355. The topological polar surface area (TPSA) is 115 Å². The van der Waals surface area contributed by atoms with Gasteiger partial charge in [0.1, 0.15) is 5.82 Å². The third-order valence-corrected chi connectivity index (χ3v) is 1.58. The van der Waals surface area contributed by atoms with Gasteiger partial charge in [-0.2, -0.15) is 0 Å². The summed E-state index contributed by atoms with van der Waals surface area (Å²) in [7, 11) is 0. The number of aliphatic carboxylic acids is 1. The average Bonchev–Trinajstić information content (AvgIpc) is 1.99. The van der Waals surface area contributed by atoms with Crippen LogP contribution in [-0.4, -0.2) is 21.0 Å². The maximum absolute atomic E-state index is 10.3. The second kappa shape index (κ2) is 3.44. The van der Waals surface area contributed by atoms with Crippen LogP contribution in [-0.2, 0) is 11.2 Å². The van der Waals surface area contributed by atoms with E-state index in [1.165, 1.54) is 0 Å². The van der Waals surface area contributed by atoms with Gasteiger partial charge in [0.25, 0.3) is 0 Å². The first-order valence-corrected chi connectivity index (χ1v) is 3.67. The number of hydrogen-bond donors (Lipinski definition) is 3. The monoisotopic (exact) mass is 202 g/mol. The normalized spacial score (nSPS) is 9.92. The van der Waals surface area contributed by atoms with Crippen molar-refractivity contribution in [3.05, 3.63) is 10.8 Å². The van der Waals surface area contributed by atoms with Gasteiger partial charge < -0.3 is 16.6 Å². The van der Waals surface area contributed by atoms with Crippen LogP contribution in [0.1, 0.15) is 5.69 Å². The smallest absolute Gasteiger partial charge is 0.309 e. The average molecular weight is 203 g/mol. The molecule has 13 heavy (non-hydrogen) atoms. The molecule has 0 bridgehead atoms. The van der Waals surface area contributed by atoms with E-state index in [0.717, 1.165) is 0 Å². The molecule has 7 heteroatoms. The molecule has 1 rings (SSSR count). The Morgan fingerprint density at radius 3 is 2.54 bits per heavy atom. The van der Waals surface area contributed by atoms with Gasteiger partial charge in [-0.15, -0.1) is 0 Å². The molecule has 0 radical (unpaired) electrons. The lowest BCUT2D eigenvalue weighted by Crippen LogP contribution is -2.09. The van der Waals surface area contributed by atoms with Gasteiger partial charge in [-0.3, -0.25) is 4.79 Å². The molecule has 1 heterocycles. The van der Waals surface area contributed by atoms with Gasteiger partial charge in [0, 0.05) is 0 Å². The van der Waals surface area contributed by atoms with Crippen LogP contribution in [0.15, 0.2) is 0 Å². The fraction of sp³-hybridized carbons (Fsp3) is 0.167. The van der Waals surface area contributed by atoms with E-state index in [-0.39, 0.29) is 28.9 Å². The van der Waals surface area contributed by atoms with Crippen molar-refractivity contribution in [2.75, 3.05) is 11.5 Å². The Balaban J connectivity index is 3.08. The zero-order valence-electron chi connectivity index (χ0n) is 6.49.